The molecule has 0 atom stereocenters. The monoisotopic (exact) mass is 562 g/mol. The molecule has 3 aromatic carbocycles. The third-order valence-corrected chi connectivity index (χ3v) is 7.80. The zero-order valence-electron chi connectivity index (χ0n) is 25.0. The number of hydrogen-bond donors (Lipinski definition) is 1. The number of carbonyl (C=O) groups excluding carboxylic acids is 2. The van der Waals surface area contributed by atoms with Gasteiger partial charge >= 0.3 is 11.9 Å². The second-order valence-electron chi connectivity index (χ2n) is 12.2. The first kappa shape index (κ1) is 27.5. The Hall–Kier alpha value is -4.65. The van der Waals surface area contributed by atoms with Crippen molar-refractivity contribution in [3.8, 4) is 11.5 Å². The highest BCUT2D eigenvalue weighted by molar-refractivity contribution is 6.00. The number of esters is 2. The minimum atomic E-state index is -0.625. The Morgan fingerprint density at radius 2 is 1.62 bits per heavy atom. The summed E-state index contributed by atoms with van der Waals surface area (Å²) in [5.41, 5.74) is 7.51. The molecule has 6 rings (SSSR count). The SMILES string of the molecule is COC(=O)COC(=O)c1ccccc1C1=c2cc3c(cc2Oc2cc4c(cc21)C(C)=CC(C)(C)N4)=NC(C)(C)C=C3C. The third kappa shape index (κ3) is 4.79. The predicted octanol–water partition coefficient (Wildman–Crippen LogP) is 5.79. The van der Waals surface area contributed by atoms with Gasteiger partial charge in [-0.1, -0.05) is 30.4 Å². The fraction of sp³-hybridized carbons (Fsp3) is 0.286. The second kappa shape index (κ2) is 9.72. The van der Waals surface area contributed by atoms with Gasteiger partial charge in [-0.3, -0.25) is 4.99 Å². The number of rotatable bonds is 4. The van der Waals surface area contributed by atoms with Crippen molar-refractivity contribution in [2.24, 2.45) is 4.99 Å². The molecule has 0 aromatic heterocycles. The second-order valence-corrected chi connectivity index (χ2v) is 12.2. The van der Waals surface area contributed by atoms with Crippen LogP contribution >= 0.6 is 0 Å². The smallest absolute Gasteiger partial charge is 0.344 e. The van der Waals surface area contributed by atoms with Gasteiger partial charge in [-0.15, -0.1) is 0 Å². The summed E-state index contributed by atoms with van der Waals surface area (Å²) < 4.78 is 16.6. The van der Waals surface area contributed by atoms with Gasteiger partial charge in [0.1, 0.15) is 11.5 Å². The first-order chi connectivity index (χ1) is 19.9. The predicted molar refractivity (Wildman–Crippen MR) is 163 cm³/mol. The van der Waals surface area contributed by atoms with E-state index in [1.165, 1.54) is 7.11 Å². The Bertz CT molecular complexity index is 1880. The van der Waals surface area contributed by atoms with E-state index >= 15 is 0 Å². The molecule has 0 saturated heterocycles. The van der Waals surface area contributed by atoms with Crippen LogP contribution in [0.4, 0.5) is 5.69 Å². The zero-order valence-corrected chi connectivity index (χ0v) is 25.0. The number of hydrogen-bond acceptors (Lipinski definition) is 7. The van der Waals surface area contributed by atoms with Crippen molar-refractivity contribution in [3.05, 3.63) is 99.1 Å². The van der Waals surface area contributed by atoms with E-state index in [0.29, 0.717) is 22.6 Å². The van der Waals surface area contributed by atoms with Crippen LogP contribution in [0.1, 0.15) is 74.2 Å². The first-order valence-electron chi connectivity index (χ1n) is 14.0. The molecule has 1 N–H and O–H groups in total. The van der Waals surface area contributed by atoms with Crippen molar-refractivity contribution < 1.29 is 23.8 Å². The fourth-order valence-electron chi connectivity index (χ4n) is 6.19. The van der Waals surface area contributed by atoms with Gasteiger partial charge < -0.3 is 19.5 Å². The normalized spacial score (nSPS) is 17.0. The first-order valence-corrected chi connectivity index (χ1v) is 14.0. The van der Waals surface area contributed by atoms with E-state index in [2.05, 4.69) is 75.9 Å². The van der Waals surface area contributed by atoms with Gasteiger partial charge in [0.05, 0.1) is 29.1 Å². The van der Waals surface area contributed by atoms with Crippen molar-refractivity contribution in [1.29, 1.82) is 0 Å². The molecule has 3 aliphatic rings. The summed E-state index contributed by atoms with van der Waals surface area (Å²) in [5.74, 6) is 0.0984. The quantitative estimate of drug-likeness (QED) is 0.317. The largest absolute Gasteiger partial charge is 0.466 e. The molecular weight excluding hydrogens is 528 g/mol. The van der Waals surface area contributed by atoms with Crippen LogP contribution in [-0.4, -0.2) is 36.7 Å². The van der Waals surface area contributed by atoms with E-state index in [-0.39, 0.29) is 11.1 Å². The number of nitrogens with one attached hydrogen (secondary N) is 1. The Labute approximate surface area is 245 Å². The van der Waals surface area contributed by atoms with Crippen molar-refractivity contribution in [2.45, 2.75) is 52.6 Å². The highest BCUT2D eigenvalue weighted by Crippen LogP contribution is 2.44. The lowest BCUT2D eigenvalue weighted by molar-refractivity contribution is -0.144. The Morgan fingerprint density at radius 3 is 2.38 bits per heavy atom. The maximum atomic E-state index is 13.3. The van der Waals surface area contributed by atoms with Gasteiger partial charge in [0.25, 0.3) is 0 Å². The van der Waals surface area contributed by atoms with Gasteiger partial charge in [0.2, 0.25) is 0 Å². The van der Waals surface area contributed by atoms with E-state index in [0.717, 1.165) is 49.7 Å². The van der Waals surface area contributed by atoms with Crippen LogP contribution in [0.15, 0.2) is 65.7 Å². The fourth-order valence-corrected chi connectivity index (χ4v) is 6.19. The van der Waals surface area contributed by atoms with E-state index in [1.807, 2.05) is 24.3 Å². The molecule has 3 aromatic rings. The average molecular weight is 563 g/mol. The molecule has 3 aliphatic heterocycles. The Balaban J connectivity index is 1.65. The maximum Gasteiger partial charge on any atom is 0.344 e. The minimum absolute atomic E-state index is 0.214. The lowest BCUT2D eigenvalue weighted by Crippen LogP contribution is -2.32. The highest BCUT2D eigenvalue weighted by atomic mass is 16.6. The molecule has 0 unspecified atom stereocenters. The molecule has 0 bridgehead atoms. The summed E-state index contributed by atoms with van der Waals surface area (Å²) in [7, 11) is 1.26. The van der Waals surface area contributed by atoms with Crippen molar-refractivity contribution >= 4 is 34.3 Å². The molecule has 7 nitrogen and oxygen atoms in total. The molecular formula is C35H34N2O5. The zero-order chi connectivity index (χ0) is 30.0. The Morgan fingerprint density at radius 1 is 0.881 bits per heavy atom. The van der Waals surface area contributed by atoms with Crippen molar-refractivity contribution in [1.82, 2.24) is 0 Å². The standard InChI is InChI=1S/C35H34N2O5/c1-19-16-34(3,4)36-27-14-29-25(12-23(19)27)32(21-10-8-9-11-22(21)33(39)41-18-31(38)40-7)26-13-24-20(2)17-35(5,6)37-28(24)15-30(26)42-29/h8-17,36H,18H2,1-7H3. The van der Waals surface area contributed by atoms with E-state index in [9.17, 15) is 9.59 Å². The molecule has 0 radical (unpaired) electrons. The molecule has 3 heterocycles. The molecule has 0 saturated carbocycles. The number of methoxy groups -OCH3 is 1. The van der Waals surface area contributed by atoms with Gasteiger partial charge in [-0.05, 0) is 76.5 Å². The topological polar surface area (TPSA) is 86.2 Å². The van der Waals surface area contributed by atoms with Gasteiger partial charge in [0, 0.05) is 45.3 Å². The van der Waals surface area contributed by atoms with Crippen LogP contribution in [-0.2, 0) is 14.3 Å². The molecule has 0 fully saturated rings. The lowest BCUT2D eigenvalue weighted by Gasteiger charge is -2.33. The van der Waals surface area contributed by atoms with E-state index in [1.54, 1.807) is 12.1 Å². The van der Waals surface area contributed by atoms with Gasteiger partial charge in [-0.25, -0.2) is 9.59 Å². The average Bonchev–Trinajstić information content (AvgIpc) is 2.91. The number of ether oxygens (including phenoxy) is 3. The van der Waals surface area contributed by atoms with Crippen molar-refractivity contribution in [2.75, 3.05) is 19.0 Å². The summed E-state index contributed by atoms with van der Waals surface area (Å²) in [6.45, 7) is 12.2. The molecule has 42 heavy (non-hydrogen) atoms. The van der Waals surface area contributed by atoms with Crippen molar-refractivity contribution in [3.63, 3.8) is 0 Å². The number of carbonyl (C=O) groups is 2. The minimum Gasteiger partial charge on any atom is -0.466 e. The van der Waals surface area contributed by atoms with Gasteiger partial charge in [0.15, 0.2) is 6.61 Å². The molecule has 0 amide bonds. The molecule has 0 spiro atoms. The number of fused-ring (bicyclic) bond motifs is 4. The van der Waals surface area contributed by atoms with Crippen LogP contribution < -0.4 is 20.6 Å². The Kier molecular flexibility index (Phi) is 6.37. The summed E-state index contributed by atoms with van der Waals surface area (Å²) >= 11 is 0. The molecule has 214 valence electrons. The number of allylic oxidation sites excluding steroid dienone is 2. The van der Waals surface area contributed by atoms with Crippen LogP contribution in [0.5, 0.6) is 11.5 Å². The number of nitrogens with zero attached hydrogens (tertiary/aromatic N) is 1. The third-order valence-electron chi connectivity index (χ3n) is 7.80. The molecule has 7 heteroatoms. The summed E-state index contributed by atoms with van der Waals surface area (Å²) in [4.78, 5) is 30.1. The summed E-state index contributed by atoms with van der Waals surface area (Å²) in [6, 6.07) is 15.6. The highest BCUT2D eigenvalue weighted by Gasteiger charge is 2.30. The van der Waals surface area contributed by atoms with Crippen LogP contribution in [0, 0.1) is 0 Å². The van der Waals surface area contributed by atoms with E-state index < -0.39 is 18.5 Å². The number of anilines is 1. The summed E-state index contributed by atoms with van der Waals surface area (Å²) in [6.07, 6.45) is 4.38. The maximum absolute atomic E-state index is 13.3. The number of benzene rings is 3. The molecule has 0 aliphatic carbocycles. The summed E-state index contributed by atoms with van der Waals surface area (Å²) in [5, 5.41) is 5.33. The van der Waals surface area contributed by atoms with Gasteiger partial charge in [-0.2, -0.15) is 0 Å². The van der Waals surface area contributed by atoms with E-state index in [4.69, 9.17) is 14.5 Å². The lowest BCUT2D eigenvalue weighted by atomic mass is 9.84. The van der Waals surface area contributed by atoms with Crippen LogP contribution in [0.3, 0.4) is 0 Å². The van der Waals surface area contributed by atoms with Crippen LogP contribution in [0.25, 0.3) is 16.7 Å². The van der Waals surface area contributed by atoms with Crippen LogP contribution in [0.2, 0.25) is 0 Å².